The van der Waals surface area contributed by atoms with Crippen molar-refractivity contribution >= 4 is 18.3 Å². The lowest BCUT2D eigenvalue weighted by molar-refractivity contribution is 0.00578. The Bertz CT molecular complexity index is 510. The number of nitrogens with two attached hydrogens (primary N) is 1. The zero-order chi connectivity index (χ0) is 14.5. The Morgan fingerprint density at radius 3 is 2.30 bits per heavy atom. The van der Waals surface area contributed by atoms with Crippen LogP contribution in [0.4, 0.5) is 5.69 Å². The lowest BCUT2D eigenvalue weighted by Gasteiger charge is -2.32. The lowest BCUT2D eigenvalue weighted by Crippen LogP contribution is -2.41. The van der Waals surface area contributed by atoms with Crippen LogP contribution in [0.15, 0.2) is 18.2 Å². The van der Waals surface area contributed by atoms with Crippen LogP contribution in [0, 0.1) is 0 Å². The highest BCUT2D eigenvalue weighted by atomic mass is 16.7. The molecule has 0 bridgehead atoms. The van der Waals surface area contributed by atoms with Crippen molar-refractivity contribution in [3.05, 3.63) is 18.2 Å². The molecule has 0 unspecified atom stereocenters. The normalized spacial score (nSPS) is 23.9. The predicted molar refractivity (Wildman–Crippen MR) is 80.2 cm³/mol. The van der Waals surface area contributed by atoms with Gasteiger partial charge in [-0.15, -0.1) is 0 Å². The Balaban J connectivity index is 1.86. The van der Waals surface area contributed by atoms with Gasteiger partial charge in [0.25, 0.3) is 0 Å². The van der Waals surface area contributed by atoms with Gasteiger partial charge in [-0.3, -0.25) is 0 Å². The van der Waals surface area contributed by atoms with Crippen LogP contribution in [-0.2, 0) is 9.31 Å². The molecule has 0 aromatic heterocycles. The quantitative estimate of drug-likeness (QED) is 0.678. The second-order valence-electron chi connectivity index (χ2n) is 6.70. The predicted octanol–water partition coefficient (Wildman–Crippen LogP) is 2.11. The summed E-state index contributed by atoms with van der Waals surface area (Å²) < 4.78 is 17.9. The molecule has 2 aliphatic rings. The molecule has 2 fully saturated rings. The minimum Gasteiger partial charge on any atom is -0.490 e. The molecule has 1 aliphatic carbocycles. The van der Waals surface area contributed by atoms with Gasteiger partial charge in [0.05, 0.1) is 17.3 Å². The van der Waals surface area contributed by atoms with Gasteiger partial charge in [-0.2, -0.15) is 0 Å². The van der Waals surface area contributed by atoms with Crippen molar-refractivity contribution in [3.8, 4) is 5.75 Å². The maximum atomic E-state index is 6.08. The highest BCUT2D eigenvalue weighted by Gasteiger charge is 2.52. The van der Waals surface area contributed by atoms with Gasteiger partial charge < -0.3 is 19.8 Å². The molecule has 1 aromatic carbocycles. The van der Waals surface area contributed by atoms with Gasteiger partial charge in [0, 0.05) is 11.2 Å². The van der Waals surface area contributed by atoms with Crippen molar-refractivity contribution in [2.75, 3.05) is 5.73 Å². The van der Waals surface area contributed by atoms with Gasteiger partial charge in [-0.05, 0) is 58.7 Å². The summed E-state index contributed by atoms with van der Waals surface area (Å²) in [6.45, 7) is 8.14. The van der Waals surface area contributed by atoms with Crippen LogP contribution < -0.4 is 15.9 Å². The van der Waals surface area contributed by atoms with Crippen molar-refractivity contribution in [2.45, 2.75) is 57.8 Å². The molecule has 0 amide bonds. The van der Waals surface area contributed by atoms with E-state index in [1.807, 2.05) is 45.9 Å². The van der Waals surface area contributed by atoms with Crippen molar-refractivity contribution in [1.82, 2.24) is 0 Å². The Morgan fingerprint density at radius 2 is 1.75 bits per heavy atom. The third kappa shape index (κ3) is 2.40. The van der Waals surface area contributed by atoms with E-state index in [2.05, 4.69) is 0 Å². The van der Waals surface area contributed by atoms with Gasteiger partial charge >= 0.3 is 7.12 Å². The molecule has 1 aliphatic heterocycles. The zero-order valence-electron chi connectivity index (χ0n) is 12.6. The molecule has 4 nitrogen and oxygen atoms in total. The third-order valence-electron chi connectivity index (χ3n) is 4.39. The molecule has 2 N–H and O–H groups in total. The Kier molecular flexibility index (Phi) is 3.03. The summed E-state index contributed by atoms with van der Waals surface area (Å²) in [6.07, 6.45) is 2.64. The number of benzene rings is 1. The molecule has 1 saturated carbocycles. The second kappa shape index (κ2) is 4.40. The van der Waals surface area contributed by atoms with Crippen LogP contribution in [0.2, 0.25) is 0 Å². The maximum absolute atomic E-state index is 6.08. The van der Waals surface area contributed by atoms with E-state index in [9.17, 15) is 0 Å². The average molecular weight is 275 g/mol. The number of rotatable bonds is 3. The summed E-state index contributed by atoms with van der Waals surface area (Å²) >= 11 is 0. The number of ether oxygens (including phenoxy) is 1. The second-order valence-corrected chi connectivity index (χ2v) is 6.70. The van der Waals surface area contributed by atoms with Crippen molar-refractivity contribution in [3.63, 3.8) is 0 Å². The molecular formula is C15H22BNO3. The van der Waals surface area contributed by atoms with Crippen molar-refractivity contribution < 1.29 is 14.0 Å². The first-order valence-corrected chi connectivity index (χ1v) is 7.20. The van der Waals surface area contributed by atoms with E-state index < -0.39 is 7.12 Å². The molecular weight excluding hydrogens is 253 g/mol. The Hall–Kier alpha value is -1.20. The molecule has 1 aromatic rings. The average Bonchev–Trinajstić information content (AvgIpc) is 3.10. The highest BCUT2D eigenvalue weighted by molar-refractivity contribution is 6.63. The summed E-state index contributed by atoms with van der Waals surface area (Å²) in [4.78, 5) is 0. The summed E-state index contributed by atoms with van der Waals surface area (Å²) in [6, 6.07) is 5.70. The summed E-state index contributed by atoms with van der Waals surface area (Å²) in [7, 11) is -0.442. The summed E-state index contributed by atoms with van der Waals surface area (Å²) in [5.41, 5.74) is 6.87. The minimum atomic E-state index is -0.442. The van der Waals surface area contributed by atoms with Crippen LogP contribution in [0.5, 0.6) is 5.75 Å². The zero-order valence-corrected chi connectivity index (χ0v) is 12.6. The van der Waals surface area contributed by atoms with Crippen molar-refractivity contribution in [2.24, 2.45) is 0 Å². The maximum Gasteiger partial charge on any atom is 0.497 e. The first-order chi connectivity index (χ1) is 9.28. The molecule has 0 spiro atoms. The molecule has 20 heavy (non-hydrogen) atoms. The van der Waals surface area contributed by atoms with Crippen LogP contribution >= 0.6 is 0 Å². The van der Waals surface area contributed by atoms with E-state index in [1.54, 1.807) is 0 Å². The Labute approximate surface area is 120 Å². The van der Waals surface area contributed by atoms with E-state index >= 15 is 0 Å². The first kappa shape index (κ1) is 13.8. The van der Waals surface area contributed by atoms with Crippen LogP contribution in [0.3, 0.4) is 0 Å². The molecule has 0 radical (unpaired) electrons. The lowest BCUT2D eigenvalue weighted by atomic mass is 9.78. The van der Waals surface area contributed by atoms with E-state index in [-0.39, 0.29) is 11.2 Å². The molecule has 1 heterocycles. The Morgan fingerprint density at radius 1 is 1.15 bits per heavy atom. The fourth-order valence-electron chi connectivity index (χ4n) is 2.18. The van der Waals surface area contributed by atoms with Gasteiger partial charge in [0.1, 0.15) is 5.75 Å². The fourth-order valence-corrected chi connectivity index (χ4v) is 2.18. The largest absolute Gasteiger partial charge is 0.497 e. The smallest absolute Gasteiger partial charge is 0.490 e. The van der Waals surface area contributed by atoms with E-state index in [0.29, 0.717) is 11.8 Å². The SMILES string of the molecule is CC1(C)OB(c2cc(OC3CC3)ccc2N)OC1(C)C. The van der Waals surface area contributed by atoms with Crippen LogP contribution in [0.1, 0.15) is 40.5 Å². The van der Waals surface area contributed by atoms with Crippen molar-refractivity contribution in [1.29, 1.82) is 0 Å². The summed E-state index contributed by atoms with van der Waals surface area (Å²) in [5, 5.41) is 0. The van der Waals surface area contributed by atoms with Crippen LogP contribution in [0.25, 0.3) is 0 Å². The molecule has 108 valence electrons. The standard InChI is InChI=1S/C15H22BNO3/c1-14(2)15(3,4)20-16(19-14)12-9-11(7-8-13(12)17)18-10-5-6-10/h7-10H,5-6,17H2,1-4H3. The topological polar surface area (TPSA) is 53.7 Å². The third-order valence-corrected chi connectivity index (χ3v) is 4.39. The number of anilines is 1. The minimum absolute atomic E-state index is 0.364. The molecule has 3 rings (SSSR count). The van der Waals surface area contributed by atoms with Crippen LogP contribution in [-0.4, -0.2) is 24.4 Å². The monoisotopic (exact) mass is 275 g/mol. The number of hydrogen-bond donors (Lipinski definition) is 1. The highest BCUT2D eigenvalue weighted by Crippen LogP contribution is 2.37. The molecule has 1 saturated heterocycles. The van der Waals surface area contributed by atoms with Gasteiger partial charge in [-0.1, -0.05) is 0 Å². The number of hydrogen-bond acceptors (Lipinski definition) is 4. The summed E-state index contributed by atoms with van der Waals surface area (Å²) in [5.74, 6) is 0.839. The van der Waals surface area contributed by atoms with E-state index in [4.69, 9.17) is 19.8 Å². The van der Waals surface area contributed by atoms with E-state index in [1.165, 1.54) is 0 Å². The molecule has 0 atom stereocenters. The molecule has 5 heteroatoms. The van der Waals surface area contributed by atoms with E-state index in [0.717, 1.165) is 24.1 Å². The van der Waals surface area contributed by atoms with Gasteiger partial charge in [0.15, 0.2) is 0 Å². The van der Waals surface area contributed by atoms with Gasteiger partial charge in [0.2, 0.25) is 0 Å². The first-order valence-electron chi connectivity index (χ1n) is 7.20. The number of nitrogen functional groups attached to an aromatic ring is 1. The van der Waals surface area contributed by atoms with Gasteiger partial charge in [-0.25, -0.2) is 0 Å². The fraction of sp³-hybridized carbons (Fsp3) is 0.600.